The molecule has 4 nitrogen and oxygen atoms in total. The number of imidazole rings is 1. The second-order valence-electron chi connectivity index (χ2n) is 4.89. The van der Waals surface area contributed by atoms with Crippen molar-refractivity contribution in [3.05, 3.63) is 34.8 Å². The maximum absolute atomic E-state index is 4.38. The van der Waals surface area contributed by atoms with Crippen LogP contribution in [0.2, 0.25) is 0 Å². The van der Waals surface area contributed by atoms with E-state index >= 15 is 0 Å². The molecule has 0 unspecified atom stereocenters. The Kier molecular flexibility index (Phi) is 4.14. The van der Waals surface area contributed by atoms with Gasteiger partial charge in [0.1, 0.15) is 5.01 Å². The Morgan fingerprint density at radius 3 is 2.94 bits per heavy atom. The van der Waals surface area contributed by atoms with Gasteiger partial charge in [-0.3, -0.25) is 0 Å². The van der Waals surface area contributed by atoms with E-state index in [9.17, 15) is 0 Å². The third-order valence-electron chi connectivity index (χ3n) is 2.94. The molecule has 0 radical (unpaired) electrons. The molecule has 0 saturated carbocycles. The smallest absolute Gasteiger partial charge is 0.112 e. The van der Waals surface area contributed by atoms with Crippen molar-refractivity contribution >= 4 is 11.3 Å². The first-order valence-electron chi connectivity index (χ1n) is 6.27. The Bertz CT molecular complexity index is 473. The van der Waals surface area contributed by atoms with Gasteiger partial charge in [-0.25, -0.2) is 9.97 Å². The first kappa shape index (κ1) is 13.2. The standard InChI is InChI=1S/C13H20N4S/c1-4-6-17-10-14-8-11(17)9-16-13(2,3)12-15-5-7-18-12/h5,7-8,10,16H,4,6,9H2,1-3H3. The molecular formula is C13H20N4S. The van der Waals surface area contributed by atoms with Crippen LogP contribution in [-0.2, 0) is 18.6 Å². The van der Waals surface area contributed by atoms with Crippen molar-refractivity contribution in [1.29, 1.82) is 0 Å². The summed E-state index contributed by atoms with van der Waals surface area (Å²) in [5.74, 6) is 0. The summed E-state index contributed by atoms with van der Waals surface area (Å²) in [4.78, 5) is 8.59. The monoisotopic (exact) mass is 264 g/mol. The second kappa shape index (κ2) is 5.63. The molecule has 2 aromatic heterocycles. The van der Waals surface area contributed by atoms with Crippen molar-refractivity contribution < 1.29 is 0 Å². The molecule has 98 valence electrons. The molecule has 2 rings (SSSR count). The van der Waals surface area contributed by atoms with Crippen LogP contribution in [-0.4, -0.2) is 14.5 Å². The minimum absolute atomic E-state index is 0.102. The Labute approximate surface area is 112 Å². The highest BCUT2D eigenvalue weighted by atomic mass is 32.1. The lowest BCUT2D eigenvalue weighted by atomic mass is 10.1. The van der Waals surface area contributed by atoms with Crippen molar-refractivity contribution in [1.82, 2.24) is 19.9 Å². The fraction of sp³-hybridized carbons (Fsp3) is 0.538. The predicted octanol–water partition coefficient (Wildman–Crippen LogP) is 2.77. The number of rotatable bonds is 6. The van der Waals surface area contributed by atoms with E-state index in [0.29, 0.717) is 0 Å². The average molecular weight is 264 g/mol. The number of thiazole rings is 1. The Morgan fingerprint density at radius 1 is 1.44 bits per heavy atom. The van der Waals surface area contributed by atoms with Gasteiger partial charge in [0.15, 0.2) is 0 Å². The molecule has 2 aromatic rings. The van der Waals surface area contributed by atoms with Gasteiger partial charge in [0.05, 0.1) is 17.6 Å². The topological polar surface area (TPSA) is 42.7 Å². The Morgan fingerprint density at radius 2 is 2.28 bits per heavy atom. The Hall–Kier alpha value is -1.20. The number of hydrogen-bond acceptors (Lipinski definition) is 4. The predicted molar refractivity (Wildman–Crippen MR) is 74.5 cm³/mol. The zero-order valence-electron chi connectivity index (χ0n) is 11.2. The molecule has 5 heteroatoms. The van der Waals surface area contributed by atoms with Crippen LogP contribution in [0.25, 0.3) is 0 Å². The summed E-state index contributed by atoms with van der Waals surface area (Å²) >= 11 is 1.69. The zero-order chi connectivity index (χ0) is 13.0. The van der Waals surface area contributed by atoms with Gasteiger partial charge in [0.25, 0.3) is 0 Å². The number of nitrogens with zero attached hydrogens (tertiary/aromatic N) is 3. The Balaban J connectivity index is 2.00. The summed E-state index contributed by atoms with van der Waals surface area (Å²) in [6, 6.07) is 0. The van der Waals surface area contributed by atoms with Crippen molar-refractivity contribution in [3.63, 3.8) is 0 Å². The summed E-state index contributed by atoms with van der Waals surface area (Å²) in [5.41, 5.74) is 1.12. The van der Waals surface area contributed by atoms with Crippen LogP contribution in [0, 0.1) is 0 Å². The van der Waals surface area contributed by atoms with E-state index in [0.717, 1.165) is 24.5 Å². The summed E-state index contributed by atoms with van der Waals surface area (Å²) < 4.78 is 2.20. The molecule has 0 bridgehead atoms. The van der Waals surface area contributed by atoms with E-state index in [1.54, 1.807) is 11.3 Å². The van der Waals surface area contributed by atoms with Crippen LogP contribution >= 0.6 is 11.3 Å². The van der Waals surface area contributed by atoms with E-state index in [2.05, 4.69) is 40.6 Å². The van der Waals surface area contributed by atoms with Crippen LogP contribution in [0.15, 0.2) is 24.1 Å². The molecule has 1 N–H and O–H groups in total. The van der Waals surface area contributed by atoms with Gasteiger partial charge in [-0.1, -0.05) is 6.92 Å². The molecule has 0 amide bonds. The van der Waals surface area contributed by atoms with Gasteiger partial charge in [0.2, 0.25) is 0 Å². The van der Waals surface area contributed by atoms with Gasteiger partial charge in [-0.2, -0.15) is 0 Å². The minimum atomic E-state index is -0.102. The third-order valence-corrected chi connectivity index (χ3v) is 4.04. The fourth-order valence-corrected chi connectivity index (χ4v) is 2.60. The lowest BCUT2D eigenvalue weighted by Crippen LogP contribution is -2.36. The molecule has 0 aliphatic rings. The lowest BCUT2D eigenvalue weighted by Gasteiger charge is -2.24. The van der Waals surface area contributed by atoms with Gasteiger partial charge in [0, 0.05) is 30.9 Å². The first-order chi connectivity index (χ1) is 8.63. The highest BCUT2D eigenvalue weighted by Gasteiger charge is 2.22. The third kappa shape index (κ3) is 2.97. The molecule has 0 atom stereocenters. The highest BCUT2D eigenvalue weighted by Crippen LogP contribution is 2.22. The van der Waals surface area contributed by atoms with Crippen molar-refractivity contribution in [2.24, 2.45) is 0 Å². The van der Waals surface area contributed by atoms with Gasteiger partial charge in [-0.15, -0.1) is 11.3 Å². The van der Waals surface area contributed by atoms with Gasteiger partial charge < -0.3 is 9.88 Å². The maximum atomic E-state index is 4.38. The lowest BCUT2D eigenvalue weighted by molar-refractivity contribution is 0.391. The van der Waals surface area contributed by atoms with E-state index in [-0.39, 0.29) is 5.54 Å². The highest BCUT2D eigenvalue weighted by molar-refractivity contribution is 7.09. The van der Waals surface area contributed by atoms with E-state index in [4.69, 9.17) is 0 Å². The SMILES string of the molecule is CCCn1cncc1CNC(C)(C)c1nccs1. The van der Waals surface area contributed by atoms with Crippen molar-refractivity contribution in [2.75, 3.05) is 0 Å². The largest absolute Gasteiger partial charge is 0.333 e. The molecular weight excluding hydrogens is 244 g/mol. The van der Waals surface area contributed by atoms with Crippen LogP contribution in [0.5, 0.6) is 0 Å². The molecule has 18 heavy (non-hydrogen) atoms. The molecule has 0 aromatic carbocycles. The number of aromatic nitrogens is 3. The van der Waals surface area contributed by atoms with Gasteiger partial charge >= 0.3 is 0 Å². The second-order valence-corrected chi connectivity index (χ2v) is 5.79. The molecule has 2 heterocycles. The normalized spacial score (nSPS) is 11.9. The number of hydrogen-bond donors (Lipinski definition) is 1. The van der Waals surface area contributed by atoms with Crippen LogP contribution in [0.3, 0.4) is 0 Å². The zero-order valence-corrected chi connectivity index (χ0v) is 12.0. The van der Waals surface area contributed by atoms with Gasteiger partial charge in [-0.05, 0) is 20.3 Å². The quantitative estimate of drug-likeness (QED) is 0.872. The minimum Gasteiger partial charge on any atom is -0.333 e. The molecule has 0 fully saturated rings. The van der Waals surface area contributed by atoms with Crippen LogP contribution in [0.4, 0.5) is 0 Å². The summed E-state index contributed by atoms with van der Waals surface area (Å²) in [6.07, 6.45) is 6.81. The molecule has 0 saturated heterocycles. The summed E-state index contributed by atoms with van der Waals surface area (Å²) in [6.45, 7) is 8.33. The first-order valence-corrected chi connectivity index (χ1v) is 7.15. The van der Waals surface area contributed by atoms with Crippen LogP contribution in [0.1, 0.15) is 37.9 Å². The van der Waals surface area contributed by atoms with Crippen LogP contribution < -0.4 is 5.32 Å². The summed E-state index contributed by atoms with van der Waals surface area (Å²) in [7, 11) is 0. The number of aryl methyl sites for hydroxylation is 1. The van der Waals surface area contributed by atoms with E-state index in [1.807, 2.05) is 24.1 Å². The molecule has 0 aliphatic carbocycles. The van der Waals surface area contributed by atoms with Crippen molar-refractivity contribution in [2.45, 2.75) is 45.8 Å². The summed E-state index contributed by atoms with van der Waals surface area (Å²) in [5, 5.41) is 6.68. The maximum Gasteiger partial charge on any atom is 0.112 e. The number of nitrogens with one attached hydrogen (secondary N) is 1. The fourth-order valence-electron chi connectivity index (χ4n) is 1.86. The van der Waals surface area contributed by atoms with E-state index in [1.165, 1.54) is 5.69 Å². The molecule has 0 aliphatic heterocycles. The average Bonchev–Trinajstić information content (AvgIpc) is 2.98. The van der Waals surface area contributed by atoms with Crippen molar-refractivity contribution in [3.8, 4) is 0 Å². The molecule has 0 spiro atoms. The van der Waals surface area contributed by atoms with E-state index < -0.39 is 0 Å².